The van der Waals surface area contributed by atoms with Gasteiger partial charge < -0.3 is 14.8 Å². The molecule has 8 heteroatoms. The monoisotopic (exact) mass is 401 g/mol. The number of carboxylic acids is 1. The normalized spacial score (nSPS) is 37.8. The Labute approximate surface area is 161 Å². The minimum atomic E-state index is -0.918. The van der Waals surface area contributed by atoms with Crippen molar-refractivity contribution < 1.29 is 19.4 Å². The molecule has 2 saturated carbocycles. The van der Waals surface area contributed by atoms with Crippen molar-refractivity contribution in [2.45, 2.75) is 22.6 Å². The first-order valence-corrected chi connectivity index (χ1v) is 10.7. The smallest absolute Gasteiger partial charge is 0.315 e. The summed E-state index contributed by atoms with van der Waals surface area (Å²) in [5.41, 5.74) is 0.926. The molecule has 2 fully saturated rings. The number of hydrogen-bond donors (Lipinski definition) is 2. The van der Waals surface area contributed by atoms with Crippen LogP contribution in [0.15, 0.2) is 34.1 Å². The van der Waals surface area contributed by atoms with Gasteiger partial charge in [-0.25, -0.2) is 0 Å². The van der Waals surface area contributed by atoms with Gasteiger partial charge in [-0.3, -0.25) is 14.4 Å². The van der Waals surface area contributed by atoms with Gasteiger partial charge in [0.05, 0.1) is 16.9 Å². The molecule has 2 bridgehead atoms. The van der Waals surface area contributed by atoms with Gasteiger partial charge in [0.1, 0.15) is 5.75 Å². The molecule has 138 valence electrons. The van der Waals surface area contributed by atoms with E-state index in [0.717, 1.165) is 21.9 Å². The van der Waals surface area contributed by atoms with Crippen molar-refractivity contribution >= 4 is 35.0 Å². The van der Waals surface area contributed by atoms with Gasteiger partial charge in [0, 0.05) is 21.6 Å². The molecular weight excluding hydrogens is 386 g/mol. The third kappa shape index (κ3) is 1.95. The highest BCUT2D eigenvalue weighted by atomic mass is 32.2. The fourth-order valence-corrected chi connectivity index (χ4v) is 8.83. The summed E-state index contributed by atoms with van der Waals surface area (Å²) >= 11 is 2.83. The van der Waals surface area contributed by atoms with Crippen LogP contribution in [0.5, 0.6) is 5.75 Å². The predicted molar refractivity (Wildman–Crippen MR) is 98.2 cm³/mol. The number of carbonyl (C=O) groups excluding carboxylic acids is 1. The van der Waals surface area contributed by atoms with E-state index in [0.29, 0.717) is 5.75 Å². The maximum absolute atomic E-state index is 12.9. The summed E-state index contributed by atoms with van der Waals surface area (Å²) in [6, 6.07) is 7.47. The van der Waals surface area contributed by atoms with E-state index in [1.54, 1.807) is 17.8 Å². The van der Waals surface area contributed by atoms with Crippen LogP contribution in [0.4, 0.5) is 0 Å². The quantitative estimate of drug-likeness (QED) is 0.563. The number of carbonyl (C=O) groups is 2. The Morgan fingerprint density at radius 2 is 2.04 bits per heavy atom. The number of thioether (sulfide) groups is 1. The number of ether oxygens (including phenoxy) is 1. The van der Waals surface area contributed by atoms with Crippen molar-refractivity contribution in [3.05, 3.63) is 44.4 Å². The fraction of sp³-hybridized carbons (Fsp3) is 0.421. The molecule has 1 aromatic carbocycles. The van der Waals surface area contributed by atoms with Crippen LogP contribution in [-0.2, 0) is 9.59 Å². The zero-order valence-corrected chi connectivity index (χ0v) is 15.6. The molecular formula is C19H15NO5S2. The molecule has 3 heterocycles. The van der Waals surface area contributed by atoms with Gasteiger partial charge in [0.25, 0.3) is 0 Å². The number of aromatic amines is 1. The maximum atomic E-state index is 12.9. The van der Waals surface area contributed by atoms with Crippen LogP contribution >= 0.6 is 23.1 Å². The molecule has 2 aromatic rings. The number of para-hydroxylation sites is 1. The second kappa shape index (κ2) is 5.26. The first kappa shape index (κ1) is 15.9. The number of carboxylic acid groups (broad SMARTS) is 1. The molecule has 0 unspecified atom stereocenters. The molecule has 7 atom stereocenters. The Hall–Kier alpha value is -2.06. The van der Waals surface area contributed by atoms with Crippen molar-refractivity contribution in [3.63, 3.8) is 0 Å². The highest BCUT2D eigenvalue weighted by Gasteiger charge is 2.67. The number of thiazole rings is 1. The lowest BCUT2D eigenvalue weighted by Gasteiger charge is -2.45. The summed E-state index contributed by atoms with van der Waals surface area (Å²) in [4.78, 5) is 40.9. The van der Waals surface area contributed by atoms with Gasteiger partial charge in [0.15, 0.2) is 0 Å². The number of fused-ring (bicyclic) bond motifs is 6. The molecule has 4 aliphatic rings. The molecule has 2 N–H and O–H groups in total. The van der Waals surface area contributed by atoms with Crippen LogP contribution in [0.2, 0.25) is 0 Å². The van der Waals surface area contributed by atoms with E-state index in [2.05, 4.69) is 4.98 Å². The summed E-state index contributed by atoms with van der Waals surface area (Å²) in [7, 11) is 0. The third-order valence-corrected chi connectivity index (χ3v) is 9.32. The molecule has 0 spiro atoms. The number of rotatable bonds is 1. The molecule has 0 radical (unpaired) electrons. The largest absolute Gasteiger partial charge is 0.481 e. The summed E-state index contributed by atoms with van der Waals surface area (Å²) < 4.78 is 5.72. The van der Waals surface area contributed by atoms with E-state index in [-0.39, 0.29) is 33.8 Å². The zero-order valence-electron chi connectivity index (χ0n) is 14.0. The van der Waals surface area contributed by atoms with Crippen LogP contribution in [0.25, 0.3) is 0 Å². The molecule has 27 heavy (non-hydrogen) atoms. The lowest BCUT2D eigenvalue weighted by atomic mass is 9.66. The number of benzene rings is 1. The summed E-state index contributed by atoms with van der Waals surface area (Å²) in [6.07, 6.45) is 0.733. The van der Waals surface area contributed by atoms with Crippen LogP contribution in [0.1, 0.15) is 22.8 Å². The van der Waals surface area contributed by atoms with Gasteiger partial charge in [-0.2, -0.15) is 0 Å². The Balaban J connectivity index is 1.64. The molecule has 2 aliphatic carbocycles. The van der Waals surface area contributed by atoms with Gasteiger partial charge in [-0.1, -0.05) is 29.5 Å². The van der Waals surface area contributed by atoms with Crippen molar-refractivity contribution in [1.82, 2.24) is 4.98 Å². The molecule has 6 rings (SSSR count). The first-order chi connectivity index (χ1) is 13.0. The van der Waals surface area contributed by atoms with Crippen molar-refractivity contribution in [2.75, 3.05) is 0 Å². The van der Waals surface area contributed by atoms with E-state index in [1.165, 1.54) is 11.3 Å². The SMILES string of the molecule is O=C(O)[C@@H]1[C@H]2C[C@H]3[C@@H]1C(=O)Oc1ccccc1[C@@H]1c4sc(=O)[nH]c4S[C@H]2[C@@H]13. The second-order valence-corrected chi connectivity index (χ2v) is 9.96. The highest BCUT2D eigenvalue weighted by molar-refractivity contribution is 8.00. The minimum Gasteiger partial charge on any atom is -0.481 e. The van der Waals surface area contributed by atoms with E-state index >= 15 is 0 Å². The third-order valence-electron chi connectivity index (χ3n) is 6.73. The van der Waals surface area contributed by atoms with Gasteiger partial charge >= 0.3 is 16.8 Å². The number of esters is 1. The maximum Gasteiger partial charge on any atom is 0.315 e. The van der Waals surface area contributed by atoms with Crippen LogP contribution in [0, 0.1) is 29.6 Å². The van der Waals surface area contributed by atoms with E-state index in [9.17, 15) is 19.5 Å². The standard InChI is InChI=1S/C19H15NO5S2/c21-17(22)12-8-5-7-11-10(15-16(26-14(8)11)20-19(24)27-15)6-3-1-2-4-9(6)25-18(23)13(7)12/h1-4,7-8,10-14H,5H2,(H,20,24)(H,21,22)/t7-,8-,10+,11-,12-,13+,14-/m1/s1. The second-order valence-electron chi connectivity index (χ2n) is 7.76. The Morgan fingerprint density at radius 1 is 1.22 bits per heavy atom. The first-order valence-electron chi connectivity index (χ1n) is 8.97. The molecule has 1 aromatic heterocycles. The average molecular weight is 401 g/mol. The highest BCUT2D eigenvalue weighted by Crippen LogP contribution is 2.68. The van der Waals surface area contributed by atoms with Crippen molar-refractivity contribution in [2.24, 2.45) is 29.6 Å². The van der Waals surface area contributed by atoms with Crippen molar-refractivity contribution in [1.29, 1.82) is 0 Å². The predicted octanol–water partition coefficient (Wildman–Crippen LogP) is 2.54. The Bertz CT molecular complexity index is 1060. The number of aromatic nitrogens is 1. The topological polar surface area (TPSA) is 96.5 Å². The summed E-state index contributed by atoms with van der Waals surface area (Å²) in [5.74, 6) is -2.16. The Morgan fingerprint density at radius 3 is 2.85 bits per heavy atom. The minimum absolute atomic E-state index is 0.0233. The lowest BCUT2D eigenvalue weighted by molar-refractivity contribution is -0.156. The summed E-state index contributed by atoms with van der Waals surface area (Å²) in [6.45, 7) is 0. The van der Waals surface area contributed by atoms with Crippen LogP contribution in [0.3, 0.4) is 0 Å². The number of hydrogen-bond acceptors (Lipinski definition) is 6. The summed E-state index contributed by atoms with van der Waals surface area (Å²) in [5, 5.41) is 10.8. The molecule has 6 nitrogen and oxygen atoms in total. The van der Waals surface area contributed by atoms with E-state index < -0.39 is 23.8 Å². The van der Waals surface area contributed by atoms with Gasteiger partial charge in [-0.15, -0.1) is 11.8 Å². The molecule has 2 aliphatic heterocycles. The number of nitrogens with one attached hydrogen (secondary N) is 1. The fourth-order valence-electron chi connectivity index (χ4n) is 5.95. The average Bonchev–Trinajstić information content (AvgIpc) is 3.29. The van der Waals surface area contributed by atoms with Gasteiger partial charge in [-0.05, 0) is 30.2 Å². The lowest BCUT2D eigenvalue weighted by Crippen LogP contribution is -2.49. The number of aliphatic carboxylic acids is 1. The molecule has 0 saturated heterocycles. The van der Waals surface area contributed by atoms with Crippen LogP contribution < -0.4 is 9.61 Å². The van der Waals surface area contributed by atoms with E-state index in [1.807, 2.05) is 18.2 Å². The Kier molecular flexibility index (Phi) is 3.11. The number of H-pyrrole nitrogens is 1. The molecule has 0 amide bonds. The van der Waals surface area contributed by atoms with Crippen LogP contribution in [-0.4, -0.2) is 27.3 Å². The zero-order chi connectivity index (χ0) is 18.4. The van der Waals surface area contributed by atoms with E-state index in [4.69, 9.17) is 4.74 Å². The van der Waals surface area contributed by atoms with Crippen molar-refractivity contribution in [3.8, 4) is 5.75 Å². The van der Waals surface area contributed by atoms with Gasteiger partial charge in [0.2, 0.25) is 0 Å².